The van der Waals surface area contributed by atoms with Gasteiger partial charge in [-0.05, 0) is 24.3 Å². The topological polar surface area (TPSA) is 26.1 Å². The van der Waals surface area contributed by atoms with Gasteiger partial charge in [0.15, 0.2) is 5.71 Å². The summed E-state index contributed by atoms with van der Waals surface area (Å²) in [5.41, 5.74) is 1.59. The summed E-state index contributed by atoms with van der Waals surface area (Å²) < 4.78 is 0.837. The van der Waals surface area contributed by atoms with Gasteiger partial charge in [0.25, 0.3) is 0 Å². The molecule has 0 fully saturated rings. The van der Waals surface area contributed by atoms with Gasteiger partial charge in [0.2, 0.25) is 0 Å². The van der Waals surface area contributed by atoms with Crippen LogP contribution in [0.2, 0.25) is 5.02 Å². The predicted molar refractivity (Wildman–Crippen MR) is 50.8 cm³/mol. The Bertz CT molecular complexity index is 299. The molecule has 0 bridgehead atoms. The van der Waals surface area contributed by atoms with Crippen molar-refractivity contribution < 1.29 is 4.74 Å². The first-order valence-electron chi connectivity index (χ1n) is 3.61. The third kappa shape index (κ3) is 1.98. The zero-order valence-electron chi connectivity index (χ0n) is 7.04. The van der Waals surface area contributed by atoms with E-state index in [0.29, 0.717) is 10.7 Å². The first-order valence-corrected chi connectivity index (χ1v) is 3.99. The summed E-state index contributed by atoms with van der Waals surface area (Å²) in [6.45, 7) is 1.77. The molecule has 0 N–H and O–H groups in total. The Balaban J connectivity index is 3.06. The molecule has 0 radical (unpaired) electrons. The monoisotopic (exact) mass is 183 g/mol. The maximum absolute atomic E-state index is 10.9. The summed E-state index contributed by atoms with van der Waals surface area (Å²) in [5.74, 6) is 0. The van der Waals surface area contributed by atoms with Crippen LogP contribution >= 0.6 is 11.6 Å². The van der Waals surface area contributed by atoms with Crippen LogP contribution in [0.15, 0.2) is 24.3 Å². The van der Waals surface area contributed by atoms with E-state index in [-0.39, 0.29) is 0 Å². The lowest BCUT2D eigenvalue weighted by molar-refractivity contribution is -0.422. The van der Waals surface area contributed by atoms with E-state index in [9.17, 15) is 5.21 Å². The molecular formula is C9H10ClNO. The zero-order valence-corrected chi connectivity index (χ0v) is 7.80. The lowest BCUT2D eigenvalue weighted by Crippen LogP contribution is -2.08. The van der Waals surface area contributed by atoms with Crippen LogP contribution in [0.4, 0.5) is 0 Å². The van der Waals surface area contributed by atoms with Crippen molar-refractivity contribution in [2.24, 2.45) is 0 Å². The second kappa shape index (κ2) is 3.59. The summed E-state index contributed by atoms with van der Waals surface area (Å²) in [6, 6.07) is 7.19. The number of hydrogen-bond acceptors (Lipinski definition) is 1. The molecule has 0 unspecified atom stereocenters. The average Bonchev–Trinajstić information content (AvgIpc) is 2.04. The van der Waals surface area contributed by atoms with Crippen LogP contribution in [-0.2, 0) is 0 Å². The summed E-state index contributed by atoms with van der Waals surface area (Å²) in [4.78, 5) is 0. The minimum Gasteiger partial charge on any atom is -0.624 e. The van der Waals surface area contributed by atoms with Gasteiger partial charge in [0.05, 0.1) is 0 Å². The minimum atomic E-state index is 0.681. The van der Waals surface area contributed by atoms with E-state index in [1.54, 1.807) is 19.1 Å². The first kappa shape index (κ1) is 9.07. The second-order valence-electron chi connectivity index (χ2n) is 2.59. The Morgan fingerprint density at radius 3 is 2.25 bits per heavy atom. The summed E-state index contributed by atoms with van der Waals surface area (Å²) in [6.07, 6.45) is 0. The maximum Gasteiger partial charge on any atom is 0.191 e. The predicted octanol–water partition coefficient (Wildman–Crippen LogP) is 2.29. The van der Waals surface area contributed by atoms with Gasteiger partial charge in [-0.2, -0.15) is 0 Å². The molecule has 0 saturated carbocycles. The maximum atomic E-state index is 10.9. The molecular weight excluding hydrogens is 174 g/mol. The lowest BCUT2D eigenvalue weighted by Gasteiger charge is -2.02. The van der Waals surface area contributed by atoms with Crippen LogP contribution in [0.5, 0.6) is 0 Å². The van der Waals surface area contributed by atoms with E-state index >= 15 is 0 Å². The Hall–Kier alpha value is -1.02. The molecule has 0 aliphatic rings. The van der Waals surface area contributed by atoms with E-state index in [0.717, 1.165) is 10.3 Å². The van der Waals surface area contributed by atoms with Crippen molar-refractivity contribution in [1.82, 2.24) is 0 Å². The number of nitrogens with zero attached hydrogens (tertiary/aromatic N) is 1. The second-order valence-corrected chi connectivity index (χ2v) is 3.03. The molecule has 64 valence electrons. The standard InChI is InChI=1S/C9H10ClNO/c1-7(11(2)12)8-3-5-9(10)6-4-8/h3-6H,1-2H3/b11-7-. The highest BCUT2D eigenvalue weighted by Gasteiger charge is 2.02. The molecule has 1 aromatic rings. The van der Waals surface area contributed by atoms with Gasteiger partial charge < -0.3 is 5.21 Å². The fraction of sp³-hybridized carbons (Fsp3) is 0.222. The molecule has 0 aliphatic heterocycles. The summed E-state index contributed by atoms with van der Waals surface area (Å²) >= 11 is 5.69. The van der Waals surface area contributed by atoms with Crippen LogP contribution in [0.1, 0.15) is 12.5 Å². The van der Waals surface area contributed by atoms with Gasteiger partial charge in [-0.25, -0.2) is 4.74 Å². The summed E-state index contributed by atoms with van der Waals surface area (Å²) in [7, 11) is 1.48. The Kier molecular flexibility index (Phi) is 2.71. The highest BCUT2D eigenvalue weighted by Crippen LogP contribution is 2.09. The van der Waals surface area contributed by atoms with E-state index in [1.165, 1.54) is 7.05 Å². The van der Waals surface area contributed by atoms with Gasteiger partial charge in [-0.3, -0.25) is 0 Å². The van der Waals surface area contributed by atoms with Crippen molar-refractivity contribution in [3.05, 3.63) is 40.1 Å². The van der Waals surface area contributed by atoms with Gasteiger partial charge >= 0.3 is 0 Å². The zero-order chi connectivity index (χ0) is 9.14. The van der Waals surface area contributed by atoms with E-state index < -0.39 is 0 Å². The molecule has 0 heterocycles. The molecule has 2 nitrogen and oxygen atoms in total. The van der Waals surface area contributed by atoms with Crippen LogP contribution in [0.25, 0.3) is 0 Å². The van der Waals surface area contributed by atoms with Crippen LogP contribution in [0, 0.1) is 5.21 Å². The third-order valence-electron chi connectivity index (χ3n) is 1.73. The average molecular weight is 184 g/mol. The number of hydrogen-bond donors (Lipinski definition) is 0. The molecule has 0 saturated heterocycles. The normalized spacial score (nSPS) is 12.6. The number of rotatable bonds is 1. The fourth-order valence-electron chi connectivity index (χ4n) is 0.873. The molecule has 0 amide bonds. The Labute approximate surface area is 76.7 Å². The summed E-state index contributed by atoms with van der Waals surface area (Å²) in [5, 5.41) is 11.6. The van der Waals surface area contributed by atoms with Gasteiger partial charge in [0.1, 0.15) is 7.05 Å². The highest BCUT2D eigenvalue weighted by molar-refractivity contribution is 6.30. The van der Waals surface area contributed by atoms with E-state index in [4.69, 9.17) is 11.6 Å². The Morgan fingerprint density at radius 2 is 1.83 bits per heavy atom. The number of halogens is 1. The molecule has 0 atom stereocenters. The SMILES string of the molecule is C/C(c1ccc(Cl)cc1)=[N+](\C)[O-]. The number of hydroxylamine groups is 1. The molecule has 12 heavy (non-hydrogen) atoms. The molecule has 0 aliphatic carbocycles. The van der Waals surface area contributed by atoms with Crippen molar-refractivity contribution >= 4 is 17.3 Å². The van der Waals surface area contributed by atoms with Gasteiger partial charge in [-0.1, -0.05) is 11.6 Å². The van der Waals surface area contributed by atoms with Gasteiger partial charge in [0, 0.05) is 17.5 Å². The van der Waals surface area contributed by atoms with Crippen LogP contribution in [-0.4, -0.2) is 17.5 Å². The quantitative estimate of drug-likeness (QED) is 0.284. The van der Waals surface area contributed by atoms with Crippen LogP contribution < -0.4 is 0 Å². The van der Waals surface area contributed by atoms with Crippen molar-refractivity contribution in [2.45, 2.75) is 6.92 Å². The van der Waals surface area contributed by atoms with E-state index in [2.05, 4.69) is 0 Å². The van der Waals surface area contributed by atoms with Crippen molar-refractivity contribution in [2.75, 3.05) is 7.05 Å². The largest absolute Gasteiger partial charge is 0.624 e. The van der Waals surface area contributed by atoms with Crippen LogP contribution in [0.3, 0.4) is 0 Å². The molecule has 0 aromatic heterocycles. The van der Waals surface area contributed by atoms with Gasteiger partial charge in [-0.15, -0.1) is 0 Å². The lowest BCUT2D eigenvalue weighted by atomic mass is 10.1. The smallest absolute Gasteiger partial charge is 0.191 e. The first-order chi connectivity index (χ1) is 5.61. The fourth-order valence-corrected chi connectivity index (χ4v) is 0.999. The van der Waals surface area contributed by atoms with Crippen molar-refractivity contribution in [3.63, 3.8) is 0 Å². The third-order valence-corrected chi connectivity index (χ3v) is 1.99. The van der Waals surface area contributed by atoms with Crippen molar-refractivity contribution in [3.8, 4) is 0 Å². The Morgan fingerprint density at radius 1 is 1.33 bits per heavy atom. The molecule has 3 heteroatoms. The highest BCUT2D eigenvalue weighted by atomic mass is 35.5. The molecule has 1 rings (SSSR count). The van der Waals surface area contributed by atoms with Crippen molar-refractivity contribution in [1.29, 1.82) is 0 Å². The number of benzene rings is 1. The molecule has 0 spiro atoms. The minimum absolute atomic E-state index is 0.681. The van der Waals surface area contributed by atoms with E-state index in [1.807, 2.05) is 12.1 Å². The molecule has 1 aromatic carbocycles.